The minimum Gasteiger partial charge on any atom is -0.495 e. The molecular formula is C15H20ClN3O2. The number of anilines is 2. The molecule has 0 unspecified atom stereocenters. The van der Waals surface area contributed by atoms with Crippen LogP contribution in [0.4, 0.5) is 11.6 Å². The van der Waals surface area contributed by atoms with Crippen molar-refractivity contribution in [3.63, 3.8) is 0 Å². The molecule has 0 amide bonds. The molecule has 0 radical (unpaired) electrons. The molecule has 6 heteroatoms. The van der Waals surface area contributed by atoms with Gasteiger partial charge in [-0.2, -0.15) is 0 Å². The Labute approximate surface area is 129 Å². The van der Waals surface area contributed by atoms with Crippen molar-refractivity contribution in [3.8, 4) is 5.75 Å². The van der Waals surface area contributed by atoms with E-state index in [4.69, 9.17) is 21.1 Å². The van der Waals surface area contributed by atoms with Gasteiger partial charge in [-0.1, -0.05) is 11.6 Å². The number of halogens is 1. The minimum atomic E-state index is 0.586. The Kier molecular flexibility index (Phi) is 5.47. The number of benzene rings is 1. The van der Waals surface area contributed by atoms with Gasteiger partial charge in [0, 0.05) is 38.2 Å². The van der Waals surface area contributed by atoms with Crippen molar-refractivity contribution in [1.29, 1.82) is 0 Å². The highest BCUT2D eigenvalue weighted by Gasteiger charge is 2.08. The number of ether oxygens (including phenoxy) is 2. The topological polar surface area (TPSA) is 48.3 Å². The maximum Gasteiger partial charge on any atom is 0.207 e. The molecule has 21 heavy (non-hydrogen) atoms. The Hall–Kier alpha value is -1.72. The van der Waals surface area contributed by atoms with Crippen molar-refractivity contribution in [2.24, 2.45) is 0 Å². The van der Waals surface area contributed by atoms with Gasteiger partial charge in [-0.25, -0.2) is 4.98 Å². The molecule has 1 aromatic carbocycles. The van der Waals surface area contributed by atoms with Gasteiger partial charge in [-0.3, -0.25) is 0 Å². The number of hydrogen-bond donors (Lipinski definition) is 1. The van der Waals surface area contributed by atoms with E-state index in [0.29, 0.717) is 10.8 Å². The highest BCUT2D eigenvalue weighted by atomic mass is 35.5. The summed E-state index contributed by atoms with van der Waals surface area (Å²) >= 11 is 6.03. The van der Waals surface area contributed by atoms with E-state index >= 15 is 0 Å². The second-order valence-electron chi connectivity index (χ2n) is 4.72. The lowest BCUT2D eigenvalue weighted by atomic mass is 10.3. The molecule has 0 saturated carbocycles. The van der Waals surface area contributed by atoms with Crippen LogP contribution in [0, 0.1) is 6.92 Å². The Morgan fingerprint density at radius 1 is 1.33 bits per heavy atom. The molecule has 0 spiro atoms. The lowest BCUT2D eigenvalue weighted by Crippen LogP contribution is -2.05. The lowest BCUT2D eigenvalue weighted by molar-refractivity contribution is 0.190. The molecule has 1 aromatic heterocycles. The van der Waals surface area contributed by atoms with E-state index in [2.05, 4.69) is 14.9 Å². The number of rotatable bonds is 7. The van der Waals surface area contributed by atoms with Crippen molar-refractivity contribution < 1.29 is 9.47 Å². The second kappa shape index (κ2) is 7.33. The van der Waals surface area contributed by atoms with Crippen LogP contribution in [0.25, 0.3) is 0 Å². The van der Waals surface area contributed by atoms with E-state index in [1.807, 2.05) is 25.3 Å². The summed E-state index contributed by atoms with van der Waals surface area (Å²) in [5.74, 6) is 1.43. The average molecular weight is 310 g/mol. The largest absolute Gasteiger partial charge is 0.495 e. The molecule has 1 N–H and O–H groups in total. The first-order valence-electron chi connectivity index (χ1n) is 6.77. The zero-order valence-corrected chi connectivity index (χ0v) is 13.3. The van der Waals surface area contributed by atoms with Crippen molar-refractivity contribution >= 4 is 23.2 Å². The first-order chi connectivity index (χ1) is 10.1. The van der Waals surface area contributed by atoms with E-state index in [1.165, 1.54) is 0 Å². The summed E-state index contributed by atoms with van der Waals surface area (Å²) in [6.45, 7) is 3.55. The van der Waals surface area contributed by atoms with Crippen LogP contribution in [0.2, 0.25) is 5.02 Å². The number of aryl methyl sites for hydroxylation is 2. The third-order valence-electron chi connectivity index (χ3n) is 3.05. The summed E-state index contributed by atoms with van der Waals surface area (Å²) in [4.78, 5) is 4.50. The van der Waals surface area contributed by atoms with Gasteiger partial charge in [0.05, 0.1) is 17.8 Å². The predicted octanol–water partition coefficient (Wildman–Crippen LogP) is 3.63. The van der Waals surface area contributed by atoms with Gasteiger partial charge < -0.3 is 19.4 Å². The Morgan fingerprint density at radius 3 is 2.86 bits per heavy atom. The van der Waals surface area contributed by atoms with Gasteiger partial charge in [0.2, 0.25) is 5.95 Å². The molecule has 0 saturated heterocycles. The summed E-state index contributed by atoms with van der Waals surface area (Å²) in [5.41, 5.74) is 1.85. The smallest absolute Gasteiger partial charge is 0.207 e. The zero-order chi connectivity index (χ0) is 15.2. The van der Waals surface area contributed by atoms with E-state index < -0.39 is 0 Å². The van der Waals surface area contributed by atoms with Gasteiger partial charge >= 0.3 is 0 Å². The Morgan fingerprint density at radius 2 is 2.14 bits per heavy atom. The predicted molar refractivity (Wildman–Crippen MR) is 84.7 cm³/mol. The first kappa shape index (κ1) is 15.7. The number of nitrogens with zero attached hydrogens (tertiary/aromatic N) is 2. The van der Waals surface area contributed by atoms with Gasteiger partial charge in [0.25, 0.3) is 0 Å². The second-order valence-corrected chi connectivity index (χ2v) is 5.13. The molecule has 2 aromatic rings. The Bertz CT molecular complexity index is 599. The maximum absolute atomic E-state index is 6.03. The minimum absolute atomic E-state index is 0.586. The summed E-state index contributed by atoms with van der Waals surface area (Å²) in [6.07, 6.45) is 2.95. The van der Waals surface area contributed by atoms with Crippen molar-refractivity contribution in [3.05, 3.63) is 35.1 Å². The number of hydrogen-bond acceptors (Lipinski definition) is 4. The summed E-state index contributed by atoms with van der Waals surface area (Å²) < 4.78 is 12.4. The van der Waals surface area contributed by atoms with Crippen LogP contribution in [0.5, 0.6) is 5.75 Å². The fraction of sp³-hybridized carbons (Fsp3) is 0.400. The van der Waals surface area contributed by atoms with Crippen molar-refractivity contribution in [2.45, 2.75) is 19.9 Å². The summed E-state index contributed by atoms with van der Waals surface area (Å²) in [7, 11) is 3.30. The standard InChI is InChI=1S/C15H20ClN3O2/c1-11-10-19(7-4-8-20-2)15(17-11)18-12-5-6-13(16)14(9-12)21-3/h5-6,9-10H,4,7-8H2,1-3H3,(H,17,18). The average Bonchev–Trinajstić information content (AvgIpc) is 2.81. The molecule has 114 valence electrons. The van der Waals surface area contributed by atoms with Crippen LogP contribution in [-0.2, 0) is 11.3 Å². The third-order valence-corrected chi connectivity index (χ3v) is 3.36. The molecule has 0 aliphatic rings. The van der Waals surface area contributed by atoms with E-state index in [1.54, 1.807) is 20.3 Å². The molecule has 0 aliphatic heterocycles. The molecule has 2 rings (SSSR count). The normalized spacial score (nSPS) is 10.7. The van der Waals surface area contributed by atoms with Crippen LogP contribution in [0.3, 0.4) is 0 Å². The molecule has 0 fully saturated rings. The van der Waals surface area contributed by atoms with Crippen LogP contribution in [0.15, 0.2) is 24.4 Å². The number of nitrogens with one attached hydrogen (secondary N) is 1. The lowest BCUT2D eigenvalue weighted by Gasteiger charge is -2.11. The quantitative estimate of drug-likeness (QED) is 0.793. The SMILES string of the molecule is COCCCn1cc(C)nc1Nc1ccc(Cl)c(OC)c1. The molecule has 0 atom stereocenters. The Balaban J connectivity index is 2.15. The molecular weight excluding hydrogens is 290 g/mol. The molecule has 0 aliphatic carbocycles. The summed E-state index contributed by atoms with van der Waals surface area (Å²) in [5, 5.41) is 3.88. The van der Waals surface area contributed by atoms with Crippen LogP contribution >= 0.6 is 11.6 Å². The fourth-order valence-electron chi connectivity index (χ4n) is 2.06. The fourth-order valence-corrected chi connectivity index (χ4v) is 2.26. The van der Waals surface area contributed by atoms with Gasteiger partial charge in [0.15, 0.2) is 0 Å². The van der Waals surface area contributed by atoms with E-state index in [9.17, 15) is 0 Å². The molecule has 5 nitrogen and oxygen atoms in total. The van der Waals surface area contributed by atoms with Crippen molar-refractivity contribution in [1.82, 2.24) is 9.55 Å². The zero-order valence-electron chi connectivity index (χ0n) is 12.5. The van der Waals surface area contributed by atoms with E-state index in [-0.39, 0.29) is 0 Å². The molecule has 0 bridgehead atoms. The third kappa shape index (κ3) is 4.12. The van der Waals surface area contributed by atoms with Gasteiger partial charge in [-0.05, 0) is 25.5 Å². The van der Waals surface area contributed by atoms with Crippen LogP contribution < -0.4 is 10.1 Å². The summed E-state index contributed by atoms with van der Waals surface area (Å²) in [6, 6.07) is 5.55. The number of imidazole rings is 1. The highest BCUT2D eigenvalue weighted by molar-refractivity contribution is 6.32. The first-order valence-corrected chi connectivity index (χ1v) is 7.15. The van der Waals surface area contributed by atoms with E-state index in [0.717, 1.165) is 36.9 Å². The highest BCUT2D eigenvalue weighted by Crippen LogP contribution is 2.28. The van der Waals surface area contributed by atoms with Crippen LogP contribution in [-0.4, -0.2) is 30.4 Å². The van der Waals surface area contributed by atoms with Gasteiger partial charge in [0.1, 0.15) is 5.75 Å². The maximum atomic E-state index is 6.03. The van der Waals surface area contributed by atoms with Crippen molar-refractivity contribution in [2.75, 3.05) is 26.1 Å². The van der Waals surface area contributed by atoms with Crippen LogP contribution in [0.1, 0.15) is 12.1 Å². The number of methoxy groups -OCH3 is 2. The molecule has 1 heterocycles. The van der Waals surface area contributed by atoms with Gasteiger partial charge in [-0.15, -0.1) is 0 Å². The monoisotopic (exact) mass is 309 g/mol. The number of aromatic nitrogens is 2.